The molecule has 2 aromatic carbocycles. The fraction of sp³-hybridized carbons (Fsp3) is 0.333. The van der Waals surface area contributed by atoms with Crippen LogP contribution >= 0.6 is 0 Å². The van der Waals surface area contributed by atoms with Crippen molar-refractivity contribution in [3.05, 3.63) is 65.0 Å². The molecule has 1 aliphatic heterocycles. The Morgan fingerprint density at radius 3 is 2.86 bits per heavy atom. The van der Waals surface area contributed by atoms with Crippen LogP contribution in [0.2, 0.25) is 0 Å². The largest absolute Gasteiger partial charge is 0.371 e. The van der Waals surface area contributed by atoms with Crippen molar-refractivity contribution in [2.75, 3.05) is 18.0 Å². The minimum absolute atomic E-state index is 0.118. The van der Waals surface area contributed by atoms with Crippen LogP contribution in [-0.4, -0.2) is 13.1 Å². The van der Waals surface area contributed by atoms with Gasteiger partial charge in [-0.1, -0.05) is 30.3 Å². The van der Waals surface area contributed by atoms with Gasteiger partial charge in [-0.2, -0.15) is 0 Å². The lowest BCUT2D eigenvalue weighted by Gasteiger charge is -2.22. The van der Waals surface area contributed by atoms with Gasteiger partial charge >= 0.3 is 0 Å². The number of hydrogen-bond acceptors (Lipinski definition) is 2. The van der Waals surface area contributed by atoms with Crippen LogP contribution in [0, 0.1) is 12.7 Å². The molecule has 0 radical (unpaired) electrons. The van der Waals surface area contributed by atoms with E-state index < -0.39 is 0 Å². The zero-order chi connectivity index (χ0) is 14.8. The van der Waals surface area contributed by atoms with Crippen LogP contribution in [0.15, 0.2) is 42.5 Å². The lowest BCUT2D eigenvalue weighted by molar-refractivity contribution is 0.599. The summed E-state index contributed by atoms with van der Waals surface area (Å²) < 4.78 is 13.6. The van der Waals surface area contributed by atoms with Gasteiger partial charge in [0, 0.05) is 24.8 Å². The summed E-state index contributed by atoms with van der Waals surface area (Å²) in [6.07, 6.45) is 1.93. The molecule has 0 bridgehead atoms. The molecule has 2 nitrogen and oxygen atoms in total. The first-order valence-corrected chi connectivity index (χ1v) is 7.49. The van der Waals surface area contributed by atoms with Crippen molar-refractivity contribution >= 4 is 5.69 Å². The average molecular weight is 284 g/mol. The Balaban J connectivity index is 1.64. The van der Waals surface area contributed by atoms with Crippen molar-refractivity contribution in [1.82, 2.24) is 0 Å². The summed E-state index contributed by atoms with van der Waals surface area (Å²) >= 11 is 0. The molecule has 0 fully saturated rings. The fourth-order valence-corrected chi connectivity index (χ4v) is 2.94. The van der Waals surface area contributed by atoms with E-state index in [2.05, 4.69) is 29.2 Å². The number of aryl methyl sites for hydroxylation is 1. The van der Waals surface area contributed by atoms with E-state index in [0.717, 1.165) is 31.5 Å². The monoisotopic (exact) mass is 284 g/mol. The van der Waals surface area contributed by atoms with E-state index in [1.165, 1.54) is 11.3 Å². The zero-order valence-electron chi connectivity index (χ0n) is 12.3. The number of hydrogen-bond donors (Lipinski definition) is 1. The lowest BCUT2D eigenvalue weighted by Crippen LogP contribution is -2.25. The van der Waals surface area contributed by atoms with Crippen LogP contribution in [0.1, 0.15) is 29.2 Å². The molecule has 21 heavy (non-hydrogen) atoms. The quantitative estimate of drug-likeness (QED) is 0.929. The van der Waals surface area contributed by atoms with Crippen molar-refractivity contribution in [3.8, 4) is 0 Å². The second-order valence-electron chi connectivity index (χ2n) is 5.77. The van der Waals surface area contributed by atoms with Crippen LogP contribution in [0.4, 0.5) is 10.1 Å². The molecule has 1 unspecified atom stereocenters. The summed E-state index contributed by atoms with van der Waals surface area (Å²) in [6.45, 7) is 3.73. The molecule has 3 heteroatoms. The molecule has 1 heterocycles. The molecule has 2 aromatic rings. The maximum absolute atomic E-state index is 13.6. The SMILES string of the molecule is Cc1ccc(C(N)CCN2CCc3ccccc32)cc1F. The summed E-state index contributed by atoms with van der Waals surface area (Å²) in [4.78, 5) is 2.37. The number of halogens is 1. The second-order valence-corrected chi connectivity index (χ2v) is 5.77. The average Bonchev–Trinajstić information content (AvgIpc) is 2.91. The highest BCUT2D eigenvalue weighted by atomic mass is 19.1. The van der Waals surface area contributed by atoms with E-state index in [-0.39, 0.29) is 11.9 Å². The number of anilines is 1. The van der Waals surface area contributed by atoms with Gasteiger partial charge in [0.15, 0.2) is 0 Å². The van der Waals surface area contributed by atoms with E-state index in [1.807, 2.05) is 6.07 Å². The minimum atomic E-state index is -0.172. The molecule has 0 aliphatic carbocycles. The van der Waals surface area contributed by atoms with Crippen LogP contribution in [-0.2, 0) is 6.42 Å². The maximum atomic E-state index is 13.6. The molecule has 3 rings (SSSR count). The maximum Gasteiger partial charge on any atom is 0.126 e. The standard InChI is InChI=1S/C18H21FN2/c1-13-6-7-15(12-16(13)19)17(20)9-11-21-10-8-14-4-2-3-5-18(14)21/h2-7,12,17H,8-11,20H2,1H3. The van der Waals surface area contributed by atoms with Crippen LogP contribution in [0.25, 0.3) is 0 Å². The third-order valence-electron chi connectivity index (χ3n) is 4.32. The number of fused-ring (bicyclic) bond motifs is 1. The van der Waals surface area contributed by atoms with E-state index >= 15 is 0 Å². The number of nitrogens with zero attached hydrogens (tertiary/aromatic N) is 1. The van der Waals surface area contributed by atoms with Crippen molar-refractivity contribution in [2.45, 2.75) is 25.8 Å². The van der Waals surface area contributed by atoms with Crippen molar-refractivity contribution < 1.29 is 4.39 Å². The summed E-state index contributed by atoms with van der Waals surface area (Å²) in [5.74, 6) is -0.172. The zero-order valence-corrected chi connectivity index (χ0v) is 12.3. The highest BCUT2D eigenvalue weighted by Gasteiger charge is 2.19. The minimum Gasteiger partial charge on any atom is -0.371 e. The van der Waals surface area contributed by atoms with Crippen LogP contribution < -0.4 is 10.6 Å². The number of para-hydroxylation sites is 1. The molecule has 0 aromatic heterocycles. The van der Waals surface area contributed by atoms with Crippen molar-refractivity contribution in [3.63, 3.8) is 0 Å². The highest BCUT2D eigenvalue weighted by Crippen LogP contribution is 2.28. The van der Waals surface area contributed by atoms with E-state index in [4.69, 9.17) is 5.73 Å². The van der Waals surface area contributed by atoms with Gasteiger partial charge in [-0.25, -0.2) is 4.39 Å². The van der Waals surface area contributed by atoms with Gasteiger partial charge < -0.3 is 10.6 Å². The number of nitrogens with two attached hydrogens (primary N) is 1. The van der Waals surface area contributed by atoms with E-state index in [0.29, 0.717) is 5.56 Å². The molecule has 0 amide bonds. The second kappa shape index (κ2) is 5.86. The topological polar surface area (TPSA) is 29.3 Å². The van der Waals surface area contributed by atoms with Gasteiger partial charge in [0.2, 0.25) is 0 Å². The summed E-state index contributed by atoms with van der Waals surface area (Å²) in [5.41, 5.74) is 10.5. The molecule has 1 atom stereocenters. The van der Waals surface area contributed by atoms with Gasteiger partial charge in [0.05, 0.1) is 0 Å². The predicted molar refractivity (Wildman–Crippen MR) is 85.0 cm³/mol. The van der Waals surface area contributed by atoms with Crippen molar-refractivity contribution in [2.24, 2.45) is 5.73 Å². The fourth-order valence-electron chi connectivity index (χ4n) is 2.94. The Kier molecular flexibility index (Phi) is 3.93. The lowest BCUT2D eigenvalue weighted by atomic mass is 10.0. The third-order valence-corrected chi connectivity index (χ3v) is 4.32. The van der Waals surface area contributed by atoms with E-state index in [9.17, 15) is 4.39 Å². The molecule has 1 aliphatic rings. The van der Waals surface area contributed by atoms with Gasteiger partial charge in [-0.15, -0.1) is 0 Å². The normalized spacial score (nSPS) is 15.1. The van der Waals surface area contributed by atoms with Gasteiger partial charge in [-0.3, -0.25) is 0 Å². The molecule has 110 valence electrons. The number of rotatable bonds is 4. The van der Waals surface area contributed by atoms with Gasteiger partial charge in [0.1, 0.15) is 5.82 Å². The summed E-state index contributed by atoms with van der Waals surface area (Å²) in [5, 5.41) is 0. The van der Waals surface area contributed by atoms with Crippen LogP contribution in [0.5, 0.6) is 0 Å². The third kappa shape index (κ3) is 2.93. The Morgan fingerprint density at radius 2 is 2.05 bits per heavy atom. The predicted octanol–water partition coefficient (Wildman–Crippen LogP) is 3.59. The molecular weight excluding hydrogens is 263 g/mol. The first-order chi connectivity index (χ1) is 10.1. The van der Waals surface area contributed by atoms with Gasteiger partial charge in [0.25, 0.3) is 0 Å². The highest BCUT2D eigenvalue weighted by molar-refractivity contribution is 5.57. The Labute approximate surface area is 125 Å². The molecule has 2 N–H and O–H groups in total. The molecular formula is C18H21FN2. The molecule has 0 saturated carbocycles. The number of benzene rings is 2. The molecule has 0 saturated heterocycles. The Morgan fingerprint density at radius 1 is 1.24 bits per heavy atom. The summed E-state index contributed by atoms with van der Waals surface area (Å²) in [6, 6.07) is 13.7. The molecule has 0 spiro atoms. The Hall–Kier alpha value is -1.87. The van der Waals surface area contributed by atoms with Gasteiger partial charge in [-0.05, 0) is 48.6 Å². The Bertz CT molecular complexity index is 639. The summed E-state index contributed by atoms with van der Waals surface area (Å²) in [7, 11) is 0. The first kappa shape index (κ1) is 14.1. The van der Waals surface area contributed by atoms with Crippen LogP contribution in [0.3, 0.4) is 0 Å². The van der Waals surface area contributed by atoms with Crippen molar-refractivity contribution in [1.29, 1.82) is 0 Å². The van der Waals surface area contributed by atoms with E-state index in [1.54, 1.807) is 19.1 Å². The smallest absolute Gasteiger partial charge is 0.126 e. The first-order valence-electron chi connectivity index (χ1n) is 7.49.